The van der Waals surface area contributed by atoms with Gasteiger partial charge in [0.15, 0.2) is 0 Å². The molecule has 58 heavy (non-hydrogen) atoms. The molecule has 0 amide bonds. The van der Waals surface area contributed by atoms with Crippen LogP contribution in [0.15, 0.2) is 196 Å². The first kappa shape index (κ1) is 12.8. The summed E-state index contributed by atoms with van der Waals surface area (Å²) >= 11 is 0. The highest BCUT2D eigenvalue weighted by atomic mass is 16.3. The zero-order valence-corrected chi connectivity index (χ0v) is 28.8. The van der Waals surface area contributed by atoms with Crippen LogP contribution in [0.2, 0.25) is 0 Å². The van der Waals surface area contributed by atoms with Crippen LogP contribution < -0.4 is 4.90 Å². The van der Waals surface area contributed by atoms with E-state index in [4.69, 9.17) is 40.4 Å². The Balaban J connectivity index is 1.25. The largest absolute Gasteiger partial charge is 0.456 e. The lowest BCUT2D eigenvalue weighted by atomic mass is 9.82. The van der Waals surface area contributed by atoms with Gasteiger partial charge in [0, 0.05) is 63.7 Å². The van der Waals surface area contributed by atoms with Gasteiger partial charge in [-0.1, -0.05) is 135 Å². The zero-order valence-electron chi connectivity index (χ0n) is 65.8. The summed E-state index contributed by atoms with van der Waals surface area (Å²) in [7, 11) is 0. The van der Waals surface area contributed by atoms with Crippen molar-refractivity contribution in [3.63, 3.8) is 0 Å². The molecular formula is C55H37NO2. The number of furan rings is 2. The third-order valence-electron chi connectivity index (χ3n) is 9.52. The summed E-state index contributed by atoms with van der Waals surface area (Å²) in [6.07, 6.45) is 0. The highest BCUT2D eigenvalue weighted by molar-refractivity contribution is 6.19. The summed E-state index contributed by atoms with van der Waals surface area (Å²) < 4.78 is 349. The topological polar surface area (TPSA) is 29.5 Å². The molecule has 274 valence electrons. The van der Waals surface area contributed by atoms with E-state index in [-0.39, 0.29) is 4.90 Å². The number of fused-ring (bicyclic) bond motifs is 11. The molecule has 0 aliphatic heterocycles. The Morgan fingerprint density at radius 1 is 0.397 bits per heavy atom. The Kier molecular flexibility index (Phi) is 2.72. The van der Waals surface area contributed by atoms with Gasteiger partial charge in [-0.15, -0.1) is 0 Å². The Labute approximate surface area is 388 Å². The smallest absolute Gasteiger partial charge is 0.143 e. The minimum Gasteiger partial charge on any atom is -0.456 e. The number of hydrogen-bond donors (Lipinski definition) is 0. The van der Waals surface area contributed by atoms with Crippen molar-refractivity contribution in [1.29, 1.82) is 0 Å². The molecule has 2 heterocycles. The number of para-hydroxylation sites is 1. The molecule has 0 saturated carbocycles. The summed E-state index contributed by atoms with van der Waals surface area (Å²) in [6, 6.07) is -34.3. The van der Waals surface area contributed by atoms with Crippen LogP contribution in [-0.4, -0.2) is 0 Å². The predicted octanol–water partition coefficient (Wildman–Crippen LogP) is 15.7. The maximum absolute atomic E-state index is 10.1. The van der Waals surface area contributed by atoms with Crippen molar-refractivity contribution in [2.45, 2.75) is 19.1 Å². The first-order chi connectivity index (χ1) is 43.9. The number of rotatable bonds is 5. The third-order valence-corrected chi connectivity index (χ3v) is 9.52. The quantitative estimate of drug-likeness (QED) is 0.174. The molecule has 12 rings (SSSR count). The Morgan fingerprint density at radius 2 is 1.05 bits per heavy atom. The number of benzene rings is 9. The van der Waals surface area contributed by atoms with E-state index in [9.17, 15) is 19.2 Å². The van der Waals surface area contributed by atoms with Gasteiger partial charge in [0.2, 0.25) is 0 Å². The molecule has 1 aliphatic carbocycles. The van der Waals surface area contributed by atoms with Crippen molar-refractivity contribution in [1.82, 2.24) is 0 Å². The van der Waals surface area contributed by atoms with Crippen LogP contribution in [0.1, 0.15) is 75.5 Å². The summed E-state index contributed by atoms with van der Waals surface area (Å²) in [5, 5.41) is -3.85. The first-order valence-corrected chi connectivity index (χ1v) is 17.0. The second-order valence-electron chi connectivity index (χ2n) is 12.8. The predicted molar refractivity (Wildman–Crippen MR) is 242 cm³/mol. The molecule has 0 bridgehead atoms. The Morgan fingerprint density at radius 3 is 1.91 bits per heavy atom. The lowest BCUT2D eigenvalue weighted by Crippen LogP contribution is -2.16. The van der Waals surface area contributed by atoms with Crippen LogP contribution in [0.25, 0.3) is 88.0 Å². The number of nitrogens with zero attached hydrogens (tertiary/aromatic N) is 1. The standard InChI is InChI=1S/C55H37NO2/c1-55(2)49-18-10-8-15-41(49)42-27-25-38(31-50(42)55)56(39-26-28-44-43-16-9-11-19-51(43)57-53(44)32-39)37-23-20-34(21-24-37)36-22-29-52-47(30-36)48-33-46(35-12-4-3-5-13-35)40-14-6-7-17-45(40)54(48)58-52/h3-33H,1-2H3/i1D3,2D3,3D,4D,5D,6D,7D,8D,9D,10D,11D,12D,13D,14D,15D,16D,17D,18D,19D,20D,21D,22D,23D,24D,25D,26D,27D,28D,29D,30D,31D,32D,33D. The number of hydrogen-bond acceptors (Lipinski definition) is 3. The van der Waals surface area contributed by atoms with Gasteiger partial charge in [0.05, 0.1) is 42.5 Å². The van der Waals surface area contributed by atoms with Gasteiger partial charge in [0.25, 0.3) is 0 Å². The van der Waals surface area contributed by atoms with Gasteiger partial charge >= 0.3 is 0 Å². The average Bonchev–Trinajstić information content (AvgIpc) is 1.52. The lowest BCUT2D eigenvalue weighted by molar-refractivity contribution is 0.660. The molecule has 3 nitrogen and oxygen atoms in total. The molecule has 0 radical (unpaired) electrons. The minimum absolute atomic E-state index is 0.200. The minimum atomic E-state index is -4.05. The second-order valence-corrected chi connectivity index (χ2v) is 12.8. The summed E-state index contributed by atoms with van der Waals surface area (Å²) in [4.78, 5) is 0.200. The van der Waals surface area contributed by atoms with Gasteiger partial charge in [-0.3, -0.25) is 0 Å². The molecule has 0 spiro atoms. The molecular weight excluding hydrogens is 707 g/mol. The van der Waals surface area contributed by atoms with Gasteiger partial charge in [-0.25, -0.2) is 0 Å². The Hall–Kier alpha value is -7.36. The molecule has 0 atom stereocenters. The average molecular weight is 781 g/mol. The SMILES string of the molecule is [2H]c1c([2H])c([2H])c(-c2c([2H])c3c(oc4c([2H])c([2H])c(-c5c([2H])c([2H])c(N(c6c([2H])c([2H])c7c(c6[2H])C(C([2H])([2H])[2H])(C([2H])([2H])[2H])c6c([2H])c([2H])c([2H])c([2H])c6-7)c6c([2H])c([2H])c7c(oc8c([2H])c([2H])c([2H])c([2H])c87)c6[2H])c([2H])c5[2H])c([2H])c43)c3c([2H])c([2H])c([2H])c([2H])c23)c([2H])c1[2H]. The van der Waals surface area contributed by atoms with Gasteiger partial charge < -0.3 is 13.7 Å². The maximum Gasteiger partial charge on any atom is 0.143 e. The van der Waals surface area contributed by atoms with E-state index < -0.39 is 323 Å². The van der Waals surface area contributed by atoms with E-state index >= 15 is 0 Å². The fourth-order valence-corrected chi connectivity index (χ4v) is 6.92. The molecule has 3 heteroatoms. The third kappa shape index (κ3) is 4.86. The lowest BCUT2D eigenvalue weighted by Gasteiger charge is -2.28. The van der Waals surface area contributed by atoms with Crippen LogP contribution in [-0.2, 0) is 5.41 Å². The van der Waals surface area contributed by atoms with Gasteiger partial charge in [-0.2, -0.15) is 0 Å². The van der Waals surface area contributed by atoms with Crippen LogP contribution in [0.3, 0.4) is 0 Å². The fourth-order valence-electron chi connectivity index (χ4n) is 6.92. The normalized spacial score (nSPS) is 22.6. The maximum atomic E-state index is 10.1. The van der Waals surface area contributed by atoms with Gasteiger partial charge in [0.1, 0.15) is 22.3 Å². The van der Waals surface area contributed by atoms with Crippen molar-refractivity contribution < 1.29 is 59.6 Å². The van der Waals surface area contributed by atoms with Crippen molar-refractivity contribution >= 4 is 71.7 Å². The molecule has 1 aliphatic rings. The van der Waals surface area contributed by atoms with Crippen molar-refractivity contribution in [3.05, 3.63) is 198 Å². The van der Waals surface area contributed by atoms with Crippen molar-refractivity contribution in [2.75, 3.05) is 4.90 Å². The molecule has 0 saturated heterocycles. The summed E-state index contributed by atoms with van der Waals surface area (Å²) in [5.74, 6) is 0. The van der Waals surface area contributed by atoms with Crippen molar-refractivity contribution in [2.24, 2.45) is 0 Å². The van der Waals surface area contributed by atoms with Crippen LogP contribution in [0, 0.1) is 0 Å². The van der Waals surface area contributed by atoms with E-state index in [2.05, 4.69) is 0 Å². The molecule has 0 N–H and O–H groups in total. The highest BCUT2D eigenvalue weighted by Crippen LogP contribution is 2.51. The Bertz CT molecular complexity index is 5410. The van der Waals surface area contributed by atoms with E-state index in [0.29, 0.717) is 0 Å². The first-order valence-electron chi connectivity index (χ1n) is 35.5. The molecule has 0 fully saturated rings. The summed E-state index contributed by atoms with van der Waals surface area (Å²) in [5.41, 5.74) is -18.9. The molecule has 9 aromatic carbocycles. The zero-order chi connectivity index (χ0) is 70.5. The highest BCUT2D eigenvalue weighted by Gasteiger charge is 2.35. The fraction of sp³-hybridized carbons (Fsp3) is 0.0545. The van der Waals surface area contributed by atoms with Gasteiger partial charge in [-0.05, 0) is 110 Å². The second kappa shape index (κ2) is 12.3. The van der Waals surface area contributed by atoms with E-state index in [1.165, 1.54) is 0 Å². The van der Waals surface area contributed by atoms with Crippen LogP contribution >= 0.6 is 0 Å². The molecule has 11 aromatic rings. The van der Waals surface area contributed by atoms with Crippen LogP contribution in [0.4, 0.5) is 17.1 Å². The van der Waals surface area contributed by atoms with Crippen LogP contribution in [0.5, 0.6) is 0 Å². The van der Waals surface area contributed by atoms with Crippen molar-refractivity contribution in [3.8, 4) is 33.4 Å². The van der Waals surface area contributed by atoms with E-state index in [1.807, 2.05) is 0 Å². The number of anilines is 3. The van der Waals surface area contributed by atoms with E-state index in [0.717, 1.165) is 0 Å². The summed E-state index contributed by atoms with van der Waals surface area (Å²) in [6.45, 7) is -8.10. The molecule has 2 aromatic heterocycles. The molecule has 0 unspecified atom stereocenters. The van der Waals surface area contributed by atoms with E-state index in [1.54, 1.807) is 0 Å². The monoisotopic (exact) mass is 781 g/mol.